The molecule has 1 aliphatic heterocycles. The van der Waals surface area contributed by atoms with E-state index in [1.807, 2.05) is 12.1 Å². The first-order chi connectivity index (χ1) is 12.6. The fourth-order valence-electron chi connectivity index (χ4n) is 4.21. The maximum atomic E-state index is 13.1. The van der Waals surface area contributed by atoms with Gasteiger partial charge in [-0.15, -0.1) is 0 Å². The SMILES string of the molecule is CC1CCCCC1OCCNC(=O)C1(c2ccc(Br)cc2)CCOCC1. The van der Waals surface area contributed by atoms with Crippen LogP contribution in [0.4, 0.5) is 0 Å². The van der Waals surface area contributed by atoms with Crippen LogP contribution in [0.3, 0.4) is 0 Å². The number of amides is 1. The van der Waals surface area contributed by atoms with Crippen molar-refractivity contribution in [2.24, 2.45) is 5.92 Å². The molecular formula is C21H30BrNO3. The molecular weight excluding hydrogens is 394 g/mol. The quantitative estimate of drug-likeness (QED) is 0.696. The lowest BCUT2D eigenvalue weighted by Gasteiger charge is -2.36. The van der Waals surface area contributed by atoms with Crippen LogP contribution in [0.5, 0.6) is 0 Å². The molecule has 0 radical (unpaired) electrons. The molecule has 0 aromatic heterocycles. The zero-order chi connectivity index (χ0) is 18.4. The summed E-state index contributed by atoms with van der Waals surface area (Å²) in [4.78, 5) is 13.1. The van der Waals surface area contributed by atoms with Gasteiger partial charge in [0.2, 0.25) is 5.91 Å². The second-order valence-electron chi connectivity index (χ2n) is 7.63. The number of nitrogens with one attached hydrogen (secondary N) is 1. The minimum atomic E-state index is -0.489. The summed E-state index contributed by atoms with van der Waals surface area (Å²) in [7, 11) is 0. The minimum absolute atomic E-state index is 0.100. The molecule has 26 heavy (non-hydrogen) atoms. The van der Waals surface area contributed by atoms with Crippen molar-refractivity contribution in [3.05, 3.63) is 34.3 Å². The lowest BCUT2D eigenvalue weighted by Crippen LogP contribution is -2.49. The van der Waals surface area contributed by atoms with Crippen LogP contribution in [0.1, 0.15) is 51.0 Å². The Labute approximate surface area is 165 Å². The van der Waals surface area contributed by atoms with Gasteiger partial charge in [-0.25, -0.2) is 0 Å². The maximum absolute atomic E-state index is 13.1. The van der Waals surface area contributed by atoms with E-state index in [0.717, 1.165) is 29.3 Å². The van der Waals surface area contributed by atoms with Gasteiger partial charge in [0.25, 0.3) is 0 Å². The third-order valence-electron chi connectivity index (χ3n) is 5.93. The molecule has 2 fully saturated rings. The molecule has 0 spiro atoms. The van der Waals surface area contributed by atoms with Gasteiger partial charge in [0.1, 0.15) is 0 Å². The van der Waals surface area contributed by atoms with Crippen molar-refractivity contribution in [3.8, 4) is 0 Å². The molecule has 3 rings (SSSR count). The molecule has 2 unspecified atom stereocenters. The Hall–Kier alpha value is -0.910. The molecule has 1 aliphatic carbocycles. The minimum Gasteiger partial charge on any atom is -0.381 e. The van der Waals surface area contributed by atoms with E-state index < -0.39 is 5.41 Å². The Bertz CT molecular complexity index is 583. The highest BCUT2D eigenvalue weighted by Gasteiger charge is 2.41. The summed E-state index contributed by atoms with van der Waals surface area (Å²) in [5, 5.41) is 3.13. The zero-order valence-electron chi connectivity index (χ0n) is 15.6. The summed E-state index contributed by atoms with van der Waals surface area (Å²) in [6, 6.07) is 8.12. The summed E-state index contributed by atoms with van der Waals surface area (Å²) < 4.78 is 12.6. The van der Waals surface area contributed by atoms with Gasteiger partial charge in [-0.3, -0.25) is 4.79 Å². The van der Waals surface area contributed by atoms with E-state index in [1.54, 1.807) is 0 Å². The summed E-state index contributed by atoms with van der Waals surface area (Å²) in [6.07, 6.45) is 6.77. The molecule has 5 heteroatoms. The van der Waals surface area contributed by atoms with Crippen LogP contribution in [0.25, 0.3) is 0 Å². The normalized spacial score (nSPS) is 25.6. The molecule has 144 valence electrons. The third-order valence-corrected chi connectivity index (χ3v) is 6.46. The average Bonchev–Trinajstić information content (AvgIpc) is 2.67. The highest BCUT2D eigenvalue weighted by molar-refractivity contribution is 9.10. The topological polar surface area (TPSA) is 47.6 Å². The number of carbonyl (C=O) groups excluding carboxylic acids is 1. The molecule has 1 N–H and O–H groups in total. The van der Waals surface area contributed by atoms with Crippen LogP contribution in [0.15, 0.2) is 28.7 Å². The molecule has 1 saturated carbocycles. The van der Waals surface area contributed by atoms with Crippen LogP contribution in [-0.4, -0.2) is 38.4 Å². The molecule has 1 heterocycles. The number of hydrogen-bond acceptors (Lipinski definition) is 3. The van der Waals surface area contributed by atoms with Crippen LogP contribution in [-0.2, 0) is 19.7 Å². The zero-order valence-corrected chi connectivity index (χ0v) is 17.2. The molecule has 1 aromatic carbocycles. The van der Waals surface area contributed by atoms with Crippen LogP contribution in [0.2, 0.25) is 0 Å². The number of benzene rings is 1. The maximum Gasteiger partial charge on any atom is 0.230 e. The van der Waals surface area contributed by atoms with Gasteiger partial charge < -0.3 is 14.8 Å². The highest BCUT2D eigenvalue weighted by Crippen LogP contribution is 2.35. The van der Waals surface area contributed by atoms with Crippen LogP contribution in [0, 0.1) is 5.92 Å². The van der Waals surface area contributed by atoms with Gasteiger partial charge in [-0.2, -0.15) is 0 Å². The second kappa shape index (κ2) is 9.34. The highest BCUT2D eigenvalue weighted by atomic mass is 79.9. The van der Waals surface area contributed by atoms with Crippen molar-refractivity contribution in [2.75, 3.05) is 26.4 Å². The summed E-state index contributed by atoms with van der Waals surface area (Å²) in [5.41, 5.74) is 0.584. The van der Waals surface area contributed by atoms with Crippen molar-refractivity contribution in [3.63, 3.8) is 0 Å². The number of hydrogen-bond donors (Lipinski definition) is 1. The van der Waals surface area contributed by atoms with Crippen molar-refractivity contribution in [1.82, 2.24) is 5.32 Å². The predicted octanol–water partition coefficient (Wildman–Crippen LogP) is 4.21. The van der Waals surface area contributed by atoms with E-state index in [0.29, 0.717) is 38.4 Å². The number of carbonyl (C=O) groups is 1. The van der Waals surface area contributed by atoms with Gasteiger partial charge in [0.15, 0.2) is 0 Å². The summed E-state index contributed by atoms with van der Waals surface area (Å²) >= 11 is 3.48. The standard InChI is InChI=1S/C21H30BrNO3/c1-16-4-2-3-5-19(16)26-15-12-23-20(24)21(10-13-25-14-11-21)17-6-8-18(22)9-7-17/h6-9,16,19H,2-5,10-15H2,1H3,(H,23,24). The van der Waals surface area contributed by atoms with E-state index in [1.165, 1.54) is 19.3 Å². The Morgan fingerprint density at radius 3 is 2.62 bits per heavy atom. The fourth-order valence-corrected chi connectivity index (χ4v) is 4.47. The van der Waals surface area contributed by atoms with Gasteiger partial charge in [-0.05, 0) is 49.3 Å². The molecule has 0 bridgehead atoms. The second-order valence-corrected chi connectivity index (χ2v) is 8.54. The first-order valence-corrected chi connectivity index (χ1v) is 10.6. The van der Waals surface area contributed by atoms with Gasteiger partial charge in [0.05, 0.1) is 18.1 Å². The third kappa shape index (κ3) is 4.68. The van der Waals surface area contributed by atoms with E-state index in [-0.39, 0.29) is 5.91 Å². The molecule has 1 saturated heterocycles. The van der Waals surface area contributed by atoms with Crippen LogP contribution < -0.4 is 5.32 Å². The lowest BCUT2D eigenvalue weighted by atomic mass is 9.73. The Kier molecular flexibility index (Phi) is 7.12. The monoisotopic (exact) mass is 423 g/mol. The Morgan fingerprint density at radius 1 is 1.23 bits per heavy atom. The molecule has 2 atom stereocenters. The van der Waals surface area contributed by atoms with Gasteiger partial charge >= 0.3 is 0 Å². The lowest BCUT2D eigenvalue weighted by molar-refractivity contribution is -0.131. The smallest absolute Gasteiger partial charge is 0.230 e. The summed E-state index contributed by atoms with van der Waals surface area (Å²) in [5.74, 6) is 0.729. The van der Waals surface area contributed by atoms with Gasteiger partial charge in [0, 0.05) is 24.2 Å². The molecule has 1 amide bonds. The average molecular weight is 424 g/mol. The van der Waals surface area contributed by atoms with E-state index >= 15 is 0 Å². The first-order valence-electron chi connectivity index (χ1n) is 9.85. The number of ether oxygens (including phenoxy) is 2. The Balaban J connectivity index is 1.57. The van der Waals surface area contributed by atoms with E-state index in [4.69, 9.17) is 9.47 Å². The fraction of sp³-hybridized carbons (Fsp3) is 0.667. The Morgan fingerprint density at radius 2 is 1.92 bits per heavy atom. The molecule has 2 aliphatic rings. The van der Waals surface area contributed by atoms with E-state index in [2.05, 4.69) is 40.3 Å². The number of rotatable bonds is 6. The van der Waals surface area contributed by atoms with Crippen molar-refractivity contribution >= 4 is 21.8 Å². The largest absolute Gasteiger partial charge is 0.381 e. The first kappa shape index (κ1) is 19.8. The molecule has 4 nitrogen and oxygen atoms in total. The number of halogens is 1. The summed E-state index contributed by atoms with van der Waals surface area (Å²) in [6.45, 7) is 4.68. The van der Waals surface area contributed by atoms with Crippen molar-refractivity contribution in [1.29, 1.82) is 0 Å². The van der Waals surface area contributed by atoms with Gasteiger partial charge in [-0.1, -0.05) is 47.8 Å². The predicted molar refractivity (Wildman–Crippen MR) is 106 cm³/mol. The molecule has 1 aromatic rings. The van der Waals surface area contributed by atoms with E-state index in [9.17, 15) is 4.79 Å². The van der Waals surface area contributed by atoms with Crippen molar-refractivity contribution in [2.45, 2.75) is 57.0 Å². The van der Waals surface area contributed by atoms with Crippen LogP contribution >= 0.6 is 15.9 Å². The van der Waals surface area contributed by atoms with Crippen molar-refractivity contribution < 1.29 is 14.3 Å².